The molecule has 0 fully saturated rings. The van der Waals surface area contributed by atoms with Gasteiger partial charge in [0.05, 0.1) is 0 Å². The maximum atomic E-state index is 2.33. The summed E-state index contributed by atoms with van der Waals surface area (Å²) in [6.45, 7) is 2.29. The molecule has 0 bridgehead atoms. The summed E-state index contributed by atoms with van der Waals surface area (Å²) in [6, 6.07) is 0. The Hall–Kier alpha value is 0.350. The van der Waals surface area contributed by atoms with Crippen LogP contribution in [0.15, 0.2) is 0 Å². The zero-order valence-corrected chi connectivity index (χ0v) is 14.4. The van der Waals surface area contributed by atoms with Crippen molar-refractivity contribution in [2.75, 3.05) is 6.26 Å². The molecule has 0 unspecified atom stereocenters. The highest BCUT2D eigenvalue weighted by Gasteiger charge is 1.94. The van der Waals surface area contributed by atoms with E-state index in [1.54, 1.807) is 0 Å². The van der Waals surface area contributed by atoms with Gasteiger partial charge in [0.2, 0.25) is 0 Å². The molecule has 0 heterocycles. The fourth-order valence-electron chi connectivity index (χ4n) is 2.54. The maximum Gasteiger partial charge on any atom is 0.0163 e. The third kappa shape index (κ3) is 18.4. The van der Waals surface area contributed by atoms with Gasteiger partial charge in [0.25, 0.3) is 0 Å². The topological polar surface area (TPSA) is 0 Å². The van der Waals surface area contributed by atoms with Crippen molar-refractivity contribution in [1.29, 1.82) is 0 Å². The number of thioether (sulfide) groups is 1. The average Bonchev–Trinajstić information content (AvgIpc) is 2.43. The largest absolute Gasteiger partial charge is 0.161 e. The zero-order chi connectivity index (χ0) is 14.0. The van der Waals surface area contributed by atoms with Crippen LogP contribution in [0.3, 0.4) is 0 Å². The molecule has 115 valence electrons. The van der Waals surface area contributed by atoms with E-state index >= 15 is 0 Å². The Labute approximate surface area is 127 Å². The Kier molecular flexibility index (Phi) is 18.7. The van der Waals surface area contributed by atoms with Crippen molar-refractivity contribution in [2.24, 2.45) is 0 Å². The number of unbranched alkanes of at least 4 members (excludes halogenated alkanes) is 14. The van der Waals surface area contributed by atoms with Gasteiger partial charge < -0.3 is 0 Å². The lowest BCUT2D eigenvalue weighted by Gasteiger charge is -2.03. The van der Waals surface area contributed by atoms with Crippen LogP contribution in [0.5, 0.6) is 0 Å². The molecule has 0 atom stereocenters. The van der Waals surface area contributed by atoms with Crippen LogP contribution in [-0.2, 0) is 0 Å². The highest BCUT2D eigenvalue weighted by Crippen LogP contribution is 2.14. The van der Waals surface area contributed by atoms with E-state index in [0.717, 1.165) is 0 Å². The van der Waals surface area contributed by atoms with Crippen LogP contribution in [-0.4, -0.2) is 6.26 Å². The molecule has 1 heteroatoms. The molecule has 0 nitrogen and oxygen atoms in total. The van der Waals surface area contributed by atoms with Crippen molar-refractivity contribution in [3.05, 3.63) is 5.75 Å². The number of rotatable bonds is 16. The predicted molar refractivity (Wildman–Crippen MR) is 92.7 cm³/mol. The molecule has 0 aromatic heterocycles. The highest BCUT2D eigenvalue weighted by atomic mass is 32.2. The van der Waals surface area contributed by atoms with Crippen molar-refractivity contribution in [2.45, 2.75) is 103 Å². The molecular weight excluding hydrogens is 248 g/mol. The minimum absolute atomic E-state index is 1.30. The molecule has 0 aliphatic heterocycles. The summed E-state index contributed by atoms with van der Waals surface area (Å²) < 4.78 is 0. The predicted octanol–water partition coefficient (Wildman–Crippen LogP) is 7.38. The lowest BCUT2D eigenvalue weighted by atomic mass is 10.0. The Morgan fingerprint density at radius 1 is 0.579 bits per heavy atom. The van der Waals surface area contributed by atoms with Gasteiger partial charge in [-0.05, 0) is 12.7 Å². The van der Waals surface area contributed by atoms with Gasteiger partial charge in [0.1, 0.15) is 0 Å². The van der Waals surface area contributed by atoms with Gasteiger partial charge in [0.15, 0.2) is 0 Å². The fraction of sp³-hybridized carbons (Fsp3) is 0.944. The van der Waals surface area contributed by atoms with E-state index < -0.39 is 0 Å². The molecule has 1 radical (unpaired) electrons. The Bertz CT molecular complexity index is 129. The molecule has 0 amide bonds. The van der Waals surface area contributed by atoms with Crippen LogP contribution in [0, 0.1) is 5.75 Å². The first-order valence-electron chi connectivity index (χ1n) is 8.76. The van der Waals surface area contributed by atoms with Crippen LogP contribution in [0.4, 0.5) is 0 Å². The lowest BCUT2D eigenvalue weighted by molar-refractivity contribution is 0.536. The van der Waals surface area contributed by atoms with Crippen LogP contribution < -0.4 is 0 Å². The summed E-state index contributed by atoms with van der Waals surface area (Å²) in [6.07, 6.45) is 23.8. The molecule has 0 saturated carbocycles. The van der Waals surface area contributed by atoms with E-state index in [0.29, 0.717) is 0 Å². The van der Waals surface area contributed by atoms with Crippen LogP contribution >= 0.6 is 11.8 Å². The molecule has 0 rings (SSSR count). The lowest BCUT2D eigenvalue weighted by Crippen LogP contribution is -1.83. The Morgan fingerprint density at radius 3 is 1.32 bits per heavy atom. The number of hydrogen-bond acceptors (Lipinski definition) is 1. The second kappa shape index (κ2) is 18.4. The van der Waals surface area contributed by atoms with Crippen LogP contribution in [0.2, 0.25) is 0 Å². The minimum atomic E-state index is 1.30. The first-order chi connectivity index (χ1) is 9.41. The molecule has 0 aromatic carbocycles. The van der Waals surface area contributed by atoms with Gasteiger partial charge >= 0.3 is 0 Å². The molecule has 0 aliphatic rings. The summed E-state index contributed by atoms with van der Waals surface area (Å²) >= 11 is 1.86. The second-order valence-corrected chi connectivity index (χ2v) is 6.59. The molecule has 0 aromatic rings. The van der Waals surface area contributed by atoms with Gasteiger partial charge in [0, 0.05) is 5.75 Å². The third-order valence-electron chi connectivity index (χ3n) is 3.84. The monoisotopic (exact) mass is 285 g/mol. The van der Waals surface area contributed by atoms with Crippen molar-refractivity contribution in [3.8, 4) is 0 Å². The summed E-state index contributed by atoms with van der Waals surface area (Å²) in [5.41, 5.74) is 0. The van der Waals surface area contributed by atoms with E-state index in [1.807, 2.05) is 11.8 Å². The maximum absolute atomic E-state index is 2.33. The highest BCUT2D eigenvalue weighted by molar-refractivity contribution is 8.00. The quantitative estimate of drug-likeness (QED) is 0.266. The molecule has 0 saturated heterocycles. The van der Waals surface area contributed by atoms with E-state index in [1.165, 1.54) is 96.3 Å². The summed E-state index contributed by atoms with van der Waals surface area (Å²) in [5.74, 6) is 2.33. The number of hydrogen-bond donors (Lipinski definition) is 0. The standard InChI is InChI=1S/C18H37S/c1-3-4-5-6-7-8-9-10-11-12-13-14-15-16-17-18-19-2/h18H,3-17H2,1-2H3. The Morgan fingerprint density at radius 2 is 0.947 bits per heavy atom. The van der Waals surface area contributed by atoms with Gasteiger partial charge in [-0.1, -0.05) is 96.8 Å². The summed E-state index contributed by atoms with van der Waals surface area (Å²) in [4.78, 5) is 0. The van der Waals surface area contributed by atoms with E-state index in [9.17, 15) is 0 Å². The smallest absolute Gasteiger partial charge is 0.0163 e. The zero-order valence-electron chi connectivity index (χ0n) is 13.6. The van der Waals surface area contributed by atoms with E-state index in [4.69, 9.17) is 0 Å². The minimum Gasteiger partial charge on any atom is -0.161 e. The van der Waals surface area contributed by atoms with Crippen molar-refractivity contribution >= 4 is 11.8 Å². The van der Waals surface area contributed by atoms with Crippen molar-refractivity contribution in [3.63, 3.8) is 0 Å². The normalized spacial score (nSPS) is 11.1. The van der Waals surface area contributed by atoms with Crippen LogP contribution in [0.1, 0.15) is 103 Å². The van der Waals surface area contributed by atoms with E-state index in [-0.39, 0.29) is 0 Å². The molecular formula is C18H37S. The van der Waals surface area contributed by atoms with Crippen LogP contribution in [0.25, 0.3) is 0 Å². The fourth-order valence-corrected chi connectivity index (χ4v) is 2.94. The second-order valence-electron chi connectivity index (χ2n) is 5.79. The average molecular weight is 286 g/mol. The first-order valence-corrected chi connectivity index (χ1v) is 10.0. The van der Waals surface area contributed by atoms with E-state index in [2.05, 4.69) is 18.9 Å². The SMILES string of the molecule is CCCCCCCCCCCCCCCC[CH]SC. The third-order valence-corrected chi connectivity index (χ3v) is 4.41. The van der Waals surface area contributed by atoms with Gasteiger partial charge in [-0.25, -0.2) is 0 Å². The van der Waals surface area contributed by atoms with Gasteiger partial charge in [-0.3, -0.25) is 0 Å². The van der Waals surface area contributed by atoms with Crippen molar-refractivity contribution in [1.82, 2.24) is 0 Å². The van der Waals surface area contributed by atoms with Gasteiger partial charge in [-0.2, -0.15) is 11.8 Å². The molecule has 0 spiro atoms. The first kappa shape index (κ1) is 19.4. The summed E-state index contributed by atoms with van der Waals surface area (Å²) in [7, 11) is 0. The molecule has 0 aliphatic carbocycles. The molecule has 0 N–H and O–H groups in total. The van der Waals surface area contributed by atoms with Crippen molar-refractivity contribution < 1.29 is 0 Å². The Balaban J connectivity index is 2.88. The summed E-state index contributed by atoms with van der Waals surface area (Å²) in [5, 5.41) is 0. The molecule has 19 heavy (non-hydrogen) atoms. The van der Waals surface area contributed by atoms with Gasteiger partial charge in [-0.15, -0.1) is 0 Å².